The van der Waals surface area contributed by atoms with E-state index in [4.69, 9.17) is 0 Å². The second-order valence-corrected chi connectivity index (χ2v) is 3.66. The Bertz CT molecular complexity index is 347. The summed E-state index contributed by atoms with van der Waals surface area (Å²) in [7, 11) is 0. The summed E-state index contributed by atoms with van der Waals surface area (Å²) >= 11 is 0. The molecule has 1 rings (SSSR count). The number of hydrogen-bond donors (Lipinski definition) is 0. The van der Waals surface area contributed by atoms with E-state index in [-0.39, 0.29) is 17.9 Å². The smallest absolute Gasteiger partial charge is 0.129 e. The van der Waals surface area contributed by atoms with Crippen LogP contribution in [0.25, 0.3) is 0 Å². The van der Waals surface area contributed by atoms with Crippen molar-refractivity contribution in [2.45, 2.75) is 32.4 Å². The van der Waals surface area contributed by atoms with E-state index in [0.717, 1.165) is 6.29 Å². The van der Waals surface area contributed by atoms with Crippen LogP contribution in [0.4, 0.5) is 8.78 Å². The topological polar surface area (TPSA) is 17.1 Å². The molecule has 15 heavy (non-hydrogen) atoms. The van der Waals surface area contributed by atoms with Crippen LogP contribution in [-0.4, -0.2) is 6.29 Å². The second-order valence-electron chi connectivity index (χ2n) is 3.66. The van der Waals surface area contributed by atoms with Crippen molar-refractivity contribution in [3.63, 3.8) is 0 Å². The summed E-state index contributed by atoms with van der Waals surface area (Å²) < 4.78 is 26.6. The van der Waals surface area contributed by atoms with E-state index in [1.54, 1.807) is 13.0 Å². The van der Waals surface area contributed by atoms with Gasteiger partial charge in [-0.2, -0.15) is 0 Å². The van der Waals surface area contributed by atoms with E-state index in [1.165, 1.54) is 19.1 Å². The Kier molecular flexibility index (Phi) is 3.95. The summed E-state index contributed by atoms with van der Waals surface area (Å²) in [4.78, 5) is 10.4. The van der Waals surface area contributed by atoms with Crippen LogP contribution in [-0.2, 0) is 4.79 Å². The van der Waals surface area contributed by atoms with E-state index in [9.17, 15) is 13.6 Å². The Morgan fingerprint density at radius 3 is 2.60 bits per heavy atom. The van der Waals surface area contributed by atoms with Crippen molar-refractivity contribution in [1.29, 1.82) is 0 Å². The minimum Gasteiger partial charge on any atom is -0.303 e. The first kappa shape index (κ1) is 11.8. The summed E-state index contributed by atoms with van der Waals surface area (Å²) in [6, 6.07) is 4.45. The Morgan fingerprint density at radius 1 is 1.40 bits per heavy atom. The number of benzene rings is 1. The molecule has 1 nitrogen and oxygen atoms in total. The van der Waals surface area contributed by atoms with Gasteiger partial charge in [0.2, 0.25) is 0 Å². The molecule has 3 heteroatoms. The van der Waals surface area contributed by atoms with Gasteiger partial charge < -0.3 is 4.79 Å². The summed E-state index contributed by atoms with van der Waals surface area (Å²) in [6.07, 6.45) is -0.305. The first-order chi connectivity index (χ1) is 7.07. The van der Waals surface area contributed by atoms with Crippen molar-refractivity contribution in [1.82, 2.24) is 0 Å². The lowest BCUT2D eigenvalue weighted by molar-refractivity contribution is -0.108. The average Bonchev–Trinajstić information content (AvgIpc) is 2.17. The molecule has 0 saturated heterocycles. The maximum Gasteiger partial charge on any atom is 0.129 e. The molecule has 0 aliphatic rings. The monoisotopic (exact) mass is 212 g/mol. The second kappa shape index (κ2) is 5.01. The van der Waals surface area contributed by atoms with Gasteiger partial charge in [-0.25, -0.2) is 8.78 Å². The first-order valence-corrected chi connectivity index (χ1v) is 4.94. The van der Waals surface area contributed by atoms with Crippen molar-refractivity contribution in [3.05, 3.63) is 35.1 Å². The molecule has 0 bridgehead atoms. The van der Waals surface area contributed by atoms with Gasteiger partial charge >= 0.3 is 0 Å². The normalized spacial score (nSPS) is 14.7. The quantitative estimate of drug-likeness (QED) is 0.697. The standard InChI is InChI=1S/C12H14F2O/c1-8(6-7-15)10-4-3-5-11(14)12(10)9(2)13/h3-5,7-9H,6H2,1-2H3. The van der Waals surface area contributed by atoms with Gasteiger partial charge in [0.05, 0.1) is 0 Å². The zero-order valence-electron chi connectivity index (χ0n) is 8.84. The number of aldehydes is 1. The largest absolute Gasteiger partial charge is 0.303 e. The van der Waals surface area contributed by atoms with Crippen molar-refractivity contribution >= 4 is 6.29 Å². The van der Waals surface area contributed by atoms with Gasteiger partial charge in [0.1, 0.15) is 18.3 Å². The lowest BCUT2D eigenvalue weighted by Gasteiger charge is -2.15. The summed E-state index contributed by atoms with van der Waals surface area (Å²) in [6.45, 7) is 3.09. The molecule has 0 aliphatic carbocycles. The number of rotatable bonds is 4. The Hall–Kier alpha value is -1.25. The molecule has 0 saturated carbocycles. The van der Waals surface area contributed by atoms with Crippen LogP contribution in [0.3, 0.4) is 0 Å². The summed E-state index contributed by atoms with van der Waals surface area (Å²) in [5.74, 6) is -0.688. The molecular weight excluding hydrogens is 198 g/mol. The van der Waals surface area contributed by atoms with Gasteiger partial charge in [0.15, 0.2) is 0 Å². The molecule has 82 valence electrons. The van der Waals surface area contributed by atoms with Gasteiger partial charge in [-0.3, -0.25) is 0 Å². The predicted octanol–water partition coefficient (Wildman–Crippen LogP) is 3.55. The van der Waals surface area contributed by atoms with Crippen LogP contribution in [0.5, 0.6) is 0 Å². The zero-order valence-corrected chi connectivity index (χ0v) is 8.84. The maximum absolute atomic E-state index is 13.4. The Balaban J connectivity index is 3.16. The molecule has 0 spiro atoms. The highest BCUT2D eigenvalue weighted by Crippen LogP contribution is 2.30. The van der Waals surface area contributed by atoms with E-state index >= 15 is 0 Å². The fraction of sp³-hybridized carbons (Fsp3) is 0.417. The van der Waals surface area contributed by atoms with Crippen molar-refractivity contribution in [3.8, 4) is 0 Å². The molecule has 0 radical (unpaired) electrons. The lowest BCUT2D eigenvalue weighted by atomic mass is 9.91. The fourth-order valence-electron chi connectivity index (χ4n) is 1.67. The summed E-state index contributed by atoms with van der Waals surface area (Å²) in [5.41, 5.74) is 0.656. The van der Waals surface area contributed by atoms with Crippen LogP contribution >= 0.6 is 0 Å². The molecule has 0 aliphatic heterocycles. The van der Waals surface area contributed by atoms with E-state index < -0.39 is 12.0 Å². The molecule has 0 heterocycles. The zero-order chi connectivity index (χ0) is 11.4. The number of halogens is 2. The highest BCUT2D eigenvalue weighted by molar-refractivity contribution is 5.52. The number of carbonyl (C=O) groups is 1. The minimum absolute atomic E-state index is 0.0758. The van der Waals surface area contributed by atoms with Crippen molar-refractivity contribution < 1.29 is 13.6 Å². The van der Waals surface area contributed by atoms with Crippen molar-refractivity contribution in [2.24, 2.45) is 0 Å². The Labute approximate surface area is 88.1 Å². The number of hydrogen-bond acceptors (Lipinski definition) is 1. The van der Waals surface area contributed by atoms with Gasteiger partial charge in [-0.05, 0) is 24.5 Å². The average molecular weight is 212 g/mol. The Morgan fingerprint density at radius 2 is 2.07 bits per heavy atom. The molecule has 2 unspecified atom stereocenters. The van der Waals surface area contributed by atoms with Crippen LogP contribution in [0.15, 0.2) is 18.2 Å². The maximum atomic E-state index is 13.4. The third-order valence-electron chi connectivity index (χ3n) is 2.47. The third kappa shape index (κ3) is 2.61. The van der Waals surface area contributed by atoms with Crippen LogP contribution < -0.4 is 0 Å². The van der Waals surface area contributed by atoms with Crippen molar-refractivity contribution in [2.75, 3.05) is 0 Å². The molecule has 1 aromatic rings. The molecular formula is C12H14F2O. The predicted molar refractivity (Wildman–Crippen MR) is 55.0 cm³/mol. The van der Waals surface area contributed by atoms with E-state index in [1.807, 2.05) is 0 Å². The van der Waals surface area contributed by atoms with Crippen LogP contribution in [0.1, 0.15) is 43.5 Å². The third-order valence-corrected chi connectivity index (χ3v) is 2.47. The molecule has 0 amide bonds. The van der Waals surface area contributed by atoms with Crippen LogP contribution in [0, 0.1) is 5.82 Å². The van der Waals surface area contributed by atoms with E-state index in [2.05, 4.69) is 0 Å². The fourth-order valence-corrected chi connectivity index (χ4v) is 1.67. The van der Waals surface area contributed by atoms with Gasteiger partial charge in [0, 0.05) is 12.0 Å². The SMILES string of the molecule is CC(F)c1c(F)cccc1C(C)CC=O. The molecule has 0 aromatic heterocycles. The van der Waals surface area contributed by atoms with E-state index in [0.29, 0.717) is 5.56 Å². The van der Waals surface area contributed by atoms with Gasteiger partial charge in [0.25, 0.3) is 0 Å². The van der Waals surface area contributed by atoms with Gasteiger partial charge in [-0.1, -0.05) is 19.1 Å². The highest BCUT2D eigenvalue weighted by Gasteiger charge is 2.18. The molecule has 2 atom stereocenters. The minimum atomic E-state index is -1.35. The first-order valence-electron chi connectivity index (χ1n) is 4.94. The molecule has 0 N–H and O–H groups in total. The summed E-state index contributed by atoms with van der Waals surface area (Å²) in [5, 5.41) is 0. The number of alkyl halides is 1. The molecule has 0 fully saturated rings. The van der Waals surface area contributed by atoms with Crippen LogP contribution in [0.2, 0.25) is 0 Å². The highest BCUT2D eigenvalue weighted by atomic mass is 19.1. The lowest BCUT2D eigenvalue weighted by Crippen LogP contribution is -2.03. The van der Waals surface area contributed by atoms with Gasteiger partial charge in [-0.15, -0.1) is 0 Å². The molecule has 1 aromatic carbocycles. The number of carbonyl (C=O) groups excluding carboxylic acids is 1.